The van der Waals surface area contributed by atoms with E-state index < -0.39 is 0 Å². The second-order valence-electron chi connectivity index (χ2n) is 4.15. The lowest BCUT2D eigenvalue weighted by Crippen LogP contribution is -2.13. The van der Waals surface area contributed by atoms with E-state index in [0.717, 1.165) is 0 Å². The minimum Gasteiger partial charge on any atom is -0.327 e. The SMILES string of the molecule is CC(=O)Nc1ccc(C(=O)Nc2ccc(=O)[nH]c2)cc1. The molecule has 1 aromatic carbocycles. The molecular weight excluding hydrogens is 258 g/mol. The fourth-order valence-corrected chi connectivity index (χ4v) is 1.60. The summed E-state index contributed by atoms with van der Waals surface area (Å²) in [5.74, 6) is -0.470. The molecule has 0 unspecified atom stereocenters. The Kier molecular flexibility index (Phi) is 3.95. The number of hydrogen-bond donors (Lipinski definition) is 3. The number of hydrogen-bond acceptors (Lipinski definition) is 3. The fourth-order valence-electron chi connectivity index (χ4n) is 1.60. The molecule has 3 N–H and O–H groups in total. The first-order valence-corrected chi connectivity index (χ1v) is 5.92. The van der Waals surface area contributed by atoms with Gasteiger partial charge in [-0.3, -0.25) is 14.4 Å². The number of H-pyrrole nitrogens is 1. The lowest BCUT2D eigenvalue weighted by Gasteiger charge is -2.06. The predicted octanol–water partition coefficient (Wildman–Crippen LogP) is 1.59. The molecule has 102 valence electrons. The number of pyridine rings is 1. The van der Waals surface area contributed by atoms with E-state index in [4.69, 9.17) is 0 Å². The summed E-state index contributed by atoms with van der Waals surface area (Å²) in [7, 11) is 0. The Balaban J connectivity index is 2.07. The highest BCUT2D eigenvalue weighted by Gasteiger charge is 2.06. The molecule has 0 aliphatic carbocycles. The summed E-state index contributed by atoms with van der Waals surface area (Å²) in [6, 6.07) is 9.34. The van der Waals surface area contributed by atoms with Gasteiger partial charge >= 0.3 is 0 Å². The van der Waals surface area contributed by atoms with Crippen LogP contribution in [0.25, 0.3) is 0 Å². The van der Waals surface area contributed by atoms with Gasteiger partial charge in [0.1, 0.15) is 0 Å². The van der Waals surface area contributed by atoms with Gasteiger partial charge in [-0.15, -0.1) is 0 Å². The standard InChI is InChI=1S/C14H13N3O3/c1-9(18)16-11-4-2-10(3-5-11)14(20)17-12-6-7-13(19)15-8-12/h2-8H,1H3,(H,15,19)(H,16,18)(H,17,20). The summed E-state index contributed by atoms with van der Waals surface area (Å²) in [5, 5.41) is 5.27. The predicted molar refractivity (Wildman–Crippen MR) is 75.8 cm³/mol. The zero-order valence-corrected chi connectivity index (χ0v) is 10.8. The Labute approximate surface area is 114 Å². The maximum Gasteiger partial charge on any atom is 0.255 e. The van der Waals surface area contributed by atoms with E-state index in [9.17, 15) is 14.4 Å². The third-order valence-corrected chi connectivity index (χ3v) is 2.51. The van der Waals surface area contributed by atoms with E-state index in [0.29, 0.717) is 16.9 Å². The number of aromatic nitrogens is 1. The molecule has 0 saturated carbocycles. The van der Waals surface area contributed by atoms with E-state index >= 15 is 0 Å². The Morgan fingerprint density at radius 3 is 2.15 bits per heavy atom. The Morgan fingerprint density at radius 1 is 0.950 bits per heavy atom. The normalized spacial score (nSPS) is 9.85. The number of anilines is 2. The first-order chi connectivity index (χ1) is 9.54. The summed E-state index contributed by atoms with van der Waals surface area (Å²) in [6.45, 7) is 1.41. The average Bonchev–Trinajstić information content (AvgIpc) is 2.41. The highest BCUT2D eigenvalue weighted by molar-refractivity contribution is 6.04. The van der Waals surface area contributed by atoms with Crippen molar-refractivity contribution >= 4 is 23.2 Å². The molecule has 1 heterocycles. The molecule has 0 aliphatic heterocycles. The number of carbonyl (C=O) groups is 2. The van der Waals surface area contributed by atoms with Gasteiger partial charge in [-0.2, -0.15) is 0 Å². The average molecular weight is 271 g/mol. The molecule has 0 aliphatic rings. The van der Waals surface area contributed by atoms with Gasteiger partial charge in [-0.25, -0.2) is 0 Å². The van der Waals surface area contributed by atoms with Gasteiger partial charge in [-0.05, 0) is 30.3 Å². The number of nitrogens with one attached hydrogen (secondary N) is 3. The summed E-state index contributed by atoms with van der Waals surface area (Å²) in [5.41, 5.74) is 1.34. The van der Waals surface area contributed by atoms with Crippen LogP contribution in [0.2, 0.25) is 0 Å². The second-order valence-corrected chi connectivity index (χ2v) is 4.15. The van der Waals surface area contributed by atoms with Crippen molar-refractivity contribution in [2.45, 2.75) is 6.92 Å². The topological polar surface area (TPSA) is 91.1 Å². The molecule has 6 heteroatoms. The van der Waals surface area contributed by atoms with Crippen molar-refractivity contribution < 1.29 is 9.59 Å². The van der Waals surface area contributed by atoms with Gasteiger partial charge in [0.05, 0.1) is 5.69 Å². The van der Waals surface area contributed by atoms with E-state index in [2.05, 4.69) is 15.6 Å². The first kappa shape index (κ1) is 13.5. The minimum atomic E-state index is -0.300. The van der Waals surface area contributed by atoms with Crippen molar-refractivity contribution in [3.8, 4) is 0 Å². The molecule has 20 heavy (non-hydrogen) atoms. The maximum atomic E-state index is 11.9. The summed E-state index contributed by atoms with van der Waals surface area (Å²) < 4.78 is 0. The monoisotopic (exact) mass is 271 g/mol. The van der Waals surface area contributed by atoms with Crippen LogP contribution in [0.5, 0.6) is 0 Å². The quantitative estimate of drug-likeness (QED) is 0.791. The van der Waals surface area contributed by atoms with Crippen molar-refractivity contribution in [1.29, 1.82) is 0 Å². The zero-order valence-electron chi connectivity index (χ0n) is 10.8. The summed E-state index contributed by atoms with van der Waals surface area (Å²) >= 11 is 0. The van der Waals surface area contributed by atoms with Crippen LogP contribution in [0.4, 0.5) is 11.4 Å². The molecule has 0 atom stereocenters. The number of aromatic amines is 1. The zero-order chi connectivity index (χ0) is 14.5. The highest BCUT2D eigenvalue weighted by atomic mass is 16.2. The molecule has 6 nitrogen and oxygen atoms in total. The molecule has 1 aromatic heterocycles. The molecule has 0 radical (unpaired) electrons. The van der Waals surface area contributed by atoms with Gasteiger partial charge in [0, 0.05) is 30.4 Å². The van der Waals surface area contributed by atoms with Crippen LogP contribution in [0.15, 0.2) is 47.4 Å². The van der Waals surface area contributed by atoms with Crippen LogP contribution in [-0.2, 0) is 4.79 Å². The summed E-state index contributed by atoms with van der Waals surface area (Å²) in [6.07, 6.45) is 1.42. The van der Waals surface area contributed by atoms with E-state index in [-0.39, 0.29) is 17.4 Å². The molecule has 2 amide bonds. The first-order valence-electron chi connectivity index (χ1n) is 5.92. The van der Waals surface area contributed by atoms with Crippen molar-refractivity contribution in [1.82, 2.24) is 4.98 Å². The molecule has 0 fully saturated rings. The highest BCUT2D eigenvalue weighted by Crippen LogP contribution is 2.11. The third-order valence-electron chi connectivity index (χ3n) is 2.51. The van der Waals surface area contributed by atoms with Crippen LogP contribution in [-0.4, -0.2) is 16.8 Å². The lowest BCUT2D eigenvalue weighted by molar-refractivity contribution is -0.114. The number of amides is 2. The largest absolute Gasteiger partial charge is 0.327 e. The Hall–Kier alpha value is -2.89. The molecule has 0 bridgehead atoms. The van der Waals surface area contributed by atoms with Crippen molar-refractivity contribution in [3.63, 3.8) is 0 Å². The van der Waals surface area contributed by atoms with E-state index in [1.165, 1.54) is 25.3 Å². The van der Waals surface area contributed by atoms with Crippen molar-refractivity contribution in [2.24, 2.45) is 0 Å². The van der Waals surface area contributed by atoms with Crippen LogP contribution in [0, 0.1) is 0 Å². The lowest BCUT2D eigenvalue weighted by atomic mass is 10.2. The van der Waals surface area contributed by atoms with E-state index in [1.54, 1.807) is 24.3 Å². The molecule has 0 spiro atoms. The third kappa shape index (κ3) is 3.55. The van der Waals surface area contributed by atoms with Gasteiger partial charge in [0.25, 0.3) is 5.91 Å². The van der Waals surface area contributed by atoms with Gasteiger partial charge < -0.3 is 15.6 Å². The van der Waals surface area contributed by atoms with Crippen LogP contribution < -0.4 is 16.2 Å². The van der Waals surface area contributed by atoms with Crippen LogP contribution in [0.3, 0.4) is 0 Å². The summed E-state index contributed by atoms with van der Waals surface area (Å²) in [4.78, 5) is 36.2. The number of carbonyl (C=O) groups excluding carboxylic acids is 2. The molecule has 2 rings (SSSR count). The Morgan fingerprint density at radius 2 is 1.60 bits per heavy atom. The van der Waals surface area contributed by atoms with Gasteiger partial charge in [-0.1, -0.05) is 0 Å². The van der Waals surface area contributed by atoms with E-state index in [1.807, 2.05) is 0 Å². The fraction of sp³-hybridized carbons (Fsp3) is 0.0714. The molecule has 0 saturated heterocycles. The molecule has 2 aromatic rings. The van der Waals surface area contributed by atoms with Crippen LogP contribution in [0.1, 0.15) is 17.3 Å². The number of benzene rings is 1. The van der Waals surface area contributed by atoms with Gasteiger partial charge in [0.2, 0.25) is 11.5 Å². The van der Waals surface area contributed by atoms with Crippen molar-refractivity contribution in [3.05, 3.63) is 58.5 Å². The van der Waals surface area contributed by atoms with Gasteiger partial charge in [0.15, 0.2) is 0 Å². The van der Waals surface area contributed by atoms with Crippen LogP contribution >= 0.6 is 0 Å². The Bertz CT molecular complexity index is 669. The number of rotatable bonds is 3. The smallest absolute Gasteiger partial charge is 0.255 e. The maximum absolute atomic E-state index is 11.9. The minimum absolute atomic E-state index is 0.171. The van der Waals surface area contributed by atoms with Crippen molar-refractivity contribution in [2.75, 3.05) is 10.6 Å². The molecular formula is C14H13N3O3. The second kappa shape index (κ2) is 5.83.